The lowest BCUT2D eigenvalue weighted by Crippen LogP contribution is -2.51. The van der Waals surface area contributed by atoms with Gasteiger partial charge in [-0.2, -0.15) is 0 Å². The van der Waals surface area contributed by atoms with E-state index in [1.807, 2.05) is 54.6 Å². The van der Waals surface area contributed by atoms with Crippen molar-refractivity contribution in [2.24, 2.45) is 11.5 Å². The van der Waals surface area contributed by atoms with Crippen LogP contribution in [0, 0.1) is 0 Å². The van der Waals surface area contributed by atoms with Crippen molar-refractivity contribution in [1.29, 1.82) is 0 Å². The van der Waals surface area contributed by atoms with E-state index in [4.69, 9.17) is 11.5 Å². The molecule has 1 aliphatic rings. The highest BCUT2D eigenvalue weighted by Crippen LogP contribution is 2.19. The first-order valence-corrected chi connectivity index (χ1v) is 10.2. The summed E-state index contributed by atoms with van der Waals surface area (Å²) in [4.78, 5) is 27.3. The topological polar surface area (TPSA) is 101 Å². The fraction of sp³-hybridized carbons (Fsp3) is 0.391. The van der Waals surface area contributed by atoms with Crippen LogP contribution in [0.15, 0.2) is 54.6 Å². The Morgan fingerprint density at radius 3 is 2.48 bits per heavy atom. The van der Waals surface area contributed by atoms with Crippen molar-refractivity contribution in [1.82, 2.24) is 10.2 Å². The number of carbonyl (C=O) groups excluding carboxylic acids is 2. The lowest BCUT2D eigenvalue weighted by molar-refractivity contribution is -0.139. The molecule has 2 aromatic rings. The van der Waals surface area contributed by atoms with Gasteiger partial charge in [-0.1, -0.05) is 54.6 Å². The average molecular weight is 395 g/mol. The standard InChI is InChI=1S/C23H30N4O2/c24-13-12-18-9-4-5-10-19(18)16-26-22(28)21-11-6-14-27(21)23(29)20(25)15-17-7-2-1-3-8-17/h1-5,7-10,20-21H,6,11-16,24-25H2,(H,26,28)/t20-,21+/m1/s1. The van der Waals surface area contributed by atoms with E-state index in [2.05, 4.69) is 5.32 Å². The van der Waals surface area contributed by atoms with Crippen LogP contribution in [0.1, 0.15) is 29.5 Å². The van der Waals surface area contributed by atoms with Gasteiger partial charge in [0.15, 0.2) is 0 Å². The third-order valence-electron chi connectivity index (χ3n) is 5.44. The van der Waals surface area contributed by atoms with Crippen molar-refractivity contribution in [2.45, 2.75) is 44.3 Å². The molecule has 0 aromatic heterocycles. The molecule has 0 saturated carbocycles. The number of hydrogen-bond acceptors (Lipinski definition) is 4. The van der Waals surface area contributed by atoms with E-state index in [0.29, 0.717) is 32.5 Å². The van der Waals surface area contributed by atoms with Gasteiger partial charge in [0.2, 0.25) is 11.8 Å². The molecular weight excluding hydrogens is 364 g/mol. The summed E-state index contributed by atoms with van der Waals surface area (Å²) in [6.45, 7) is 1.57. The first-order chi connectivity index (χ1) is 14.1. The minimum absolute atomic E-state index is 0.120. The zero-order valence-electron chi connectivity index (χ0n) is 16.7. The van der Waals surface area contributed by atoms with E-state index in [-0.39, 0.29) is 11.8 Å². The summed E-state index contributed by atoms with van der Waals surface area (Å²) in [5.74, 6) is -0.277. The quantitative estimate of drug-likeness (QED) is 0.629. The molecule has 0 unspecified atom stereocenters. The zero-order chi connectivity index (χ0) is 20.6. The second-order valence-electron chi connectivity index (χ2n) is 7.51. The van der Waals surface area contributed by atoms with E-state index in [1.54, 1.807) is 4.90 Å². The summed E-state index contributed by atoms with van der Waals surface area (Å²) in [5, 5.41) is 3.00. The second-order valence-corrected chi connectivity index (χ2v) is 7.51. The largest absolute Gasteiger partial charge is 0.350 e. The molecule has 2 amide bonds. The minimum atomic E-state index is -0.643. The molecule has 0 bridgehead atoms. The minimum Gasteiger partial charge on any atom is -0.350 e. The van der Waals surface area contributed by atoms with E-state index in [1.165, 1.54) is 0 Å². The van der Waals surface area contributed by atoms with Crippen LogP contribution in [-0.2, 0) is 29.0 Å². The molecule has 6 heteroatoms. The highest BCUT2D eigenvalue weighted by atomic mass is 16.2. The van der Waals surface area contributed by atoms with Crippen molar-refractivity contribution in [3.8, 4) is 0 Å². The Labute approximate surface area is 172 Å². The van der Waals surface area contributed by atoms with E-state index in [0.717, 1.165) is 29.5 Å². The van der Waals surface area contributed by atoms with E-state index >= 15 is 0 Å². The summed E-state index contributed by atoms with van der Waals surface area (Å²) in [6, 6.07) is 16.6. The van der Waals surface area contributed by atoms with Crippen molar-refractivity contribution in [3.63, 3.8) is 0 Å². The first-order valence-electron chi connectivity index (χ1n) is 10.2. The zero-order valence-corrected chi connectivity index (χ0v) is 16.7. The molecule has 0 spiro atoms. The SMILES string of the molecule is NCCc1ccccc1CNC(=O)[C@@H]1CCCN1C(=O)[C@H](N)Cc1ccccc1. The summed E-state index contributed by atoms with van der Waals surface area (Å²) < 4.78 is 0. The Morgan fingerprint density at radius 1 is 1.07 bits per heavy atom. The van der Waals surface area contributed by atoms with Crippen LogP contribution in [0.3, 0.4) is 0 Å². The molecule has 0 radical (unpaired) electrons. The molecule has 0 aliphatic carbocycles. The van der Waals surface area contributed by atoms with Crippen molar-refractivity contribution in [2.75, 3.05) is 13.1 Å². The van der Waals surface area contributed by atoms with Crippen LogP contribution in [-0.4, -0.2) is 41.9 Å². The number of benzene rings is 2. The number of hydrogen-bond donors (Lipinski definition) is 3. The predicted molar refractivity (Wildman–Crippen MR) is 114 cm³/mol. The number of nitrogens with one attached hydrogen (secondary N) is 1. The molecule has 1 aliphatic heterocycles. The molecule has 1 saturated heterocycles. The van der Waals surface area contributed by atoms with Gasteiger partial charge in [-0.15, -0.1) is 0 Å². The number of nitrogens with two attached hydrogens (primary N) is 2. The van der Waals surface area contributed by atoms with Gasteiger partial charge >= 0.3 is 0 Å². The number of amides is 2. The molecule has 2 atom stereocenters. The van der Waals surface area contributed by atoms with Crippen LogP contribution in [0.4, 0.5) is 0 Å². The highest BCUT2D eigenvalue weighted by Gasteiger charge is 2.36. The van der Waals surface area contributed by atoms with Crippen LogP contribution >= 0.6 is 0 Å². The summed E-state index contributed by atoms with van der Waals surface area (Å²) in [7, 11) is 0. The molecular formula is C23H30N4O2. The molecule has 2 aromatic carbocycles. The van der Waals surface area contributed by atoms with Crippen molar-refractivity contribution in [3.05, 3.63) is 71.3 Å². The Kier molecular flexibility index (Phi) is 7.38. The molecule has 5 N–H and O–H groups in total. The van der Waals surface area contributed by atoms with Crippen LogP contribution < -0.4 is 16.8 Å². The van der Waals surface area contributed by atoms with Crippen molar-refractivity contribution >= 4 is 11.8 Å². The summed E-state index contributed by atoms with van der Waals surface area (Å²) in [6.07, 6.45) is 2.72. The van der Waals surface area contributed by atoms with Gasteiger partial charge in [0.1, 0.15) is 6.04 Å². The van der Waals surface area contributed by atoms with Crippen LogP contribution in [0.2, 0.25) is 0 Å². The predicted octanol–water partition coefficient (Wildman–Crippen LogP) is 1.37. The number of likely N-dealkylation sites (tertiary alicyclic amines) is 1. The Bertz CT molecular complexity index is 825. The van der Waals surface area contributed by atoms with E-state index in [9.17, 15) is 9.59 Å². The molecule has 3 rings (SSSR count). The lowest BCUT2D eigenvalue weighted by atomic mass is 10.0. The van der Waals surface area contributed by atoms with Crippen LogP contribution in [0.5, 0.6) is 0 Å². The van der Waals surface area contributed by atoms with Gasteiger partial charge in [-0.25, -0.2) is 0 Å². The average Bonchev–Trinajstić information content (AvgIpc) is 3.23. The summed E-state index contributed by atoms with van der Waals surface area (Å²) >= 11 is 0. The fourth-order valence-corrected chi connectivity index (χ4v) is 3.90. The maximum atomic E-state index is 12.9. The molecule has 6 nitrogen and oxygen atoms in total. The normalized spacial score (nSPS) is 17.2. The maximum absolute atomic E-state index is 12.9. The second kappa shape index (κ2) is 10.2. The number of rotatable bonds is 8. The Hall–Kier alpha value is -2.70. The third-order valence-corrected chi connectivity index (χ3v) is 5.44. The molecule has 1 heterocycles. The van der Waals surface area contributed by atoms with Crippen LogP contribution in [0.25, 0.3) is 0 Å². The van der Waals surface area contributed by atoms with Gasteiger partial charge in [0, 0.05) is 13.1 Å². The van der Waals surface area contributed by atoms with Gasteiger partial charge in [-0.3, -0.25) is 9.59 Å². The van der Waals surface area contributed by atoms with E-state index < -0.39 is 12.1 Å². The van der Waals surface area contributed by atoms with Gasteiger partial charge in [0.05, 0.1) is 6.04 Å². The maximum Gasteiger partial charge on any atom is 0.243 e. The first kappa shape index (κ1) is 21.0. The lowest BCUT2D eigenvalue weighted by Gasteiger charge is -2.27. The smallest absolute Gasteiger partial charge is 0.243 e. The van der Waals surface area contributed by atoms with Gasteiger partial charge in [-0.05, 0) is 48.9 Å². The monoisotopic (exact) mass is 394 g/mol. The van der Waals surface area contributed by atoms with Gasteiger partial charge in [0.25, 0.3) is 0 Å². The molecule has 29 heavy (non-hydrogen) atoms. The molecule has 154 valence electrons. The Morgan fingerprint density at radius 2 is 1.76 bits per heavy atom. The fourth-order valence-electron chi connectivity index (χ4n) is 3.90. The van der Waals surface area contributed by atoms with Gasteiger partial charge < -0.3 is 21.7 Å². The summed E-state index contributed by atoms with van der Waals surface area (Å²) in [5.41, 5.74) is 15.1. The Balaban J connectivity index is 1.59. The number of carbonyl (C=O) groups is 2. The van der Waals surface area contributed by atoms with Crippen molar-refractivity contribution < 1.29 is 9.59 Å². The molecule has 1 fully saturated rings. The third kappa shape index (κ3) is 5.43. The number of nitrogens with zero attached hydrogens (tertiary/aromatic N) is 1. The highest BCUT2D eigenvalue weighted by molar-refractivity contribution is 5.90.